The number of carbonyl (C=O) groups excluding carboxylic acids is 1. The summed E-state index contributed by atoms with van der Waals surface area (Å²) in [5.74, 6) is -0.559. The second-order valence-electron chi connectivity index (χ2n) is 3.70. The molecule has 1 aromatic heterocycles. The van der Waals surface area contributed by atoms with Crippen LogP contribution in [0.15, 0.2) is 47.2 Å². The Balaban J connectivity index is 2.17. The quantitative estimate of drug-likeness (QED) is 0.862. The first kappa shape index (κ1) is 14.4. The number of nitrogens with zero attached hydrogens (tertiary/aromatic N) is 1. The minimum absolute atomic E-state index is 0.0964. The number of amides is 1. The summed E-state index contributed by atoms with van der Waals surface area (Å²) >= 11 is 3.15. The fraction of sp³-hybridized carbons (Fsp3) is 0.0769. The van der Waals surface area contributed by atoms with E-state index < -0.39 is 12.5 Å². The lowest BCUT2D eigenvalue weighted by Gasteiger charge is -2.11. The van der Waals surface area contributed by atoms with Crippen LogP contribution in [0.3, 0.4) is 0 Å². The molecule has 1 heterocycles. The molecule has 0 saturated carbocycles. The van der Waals surface area contributed by atoms with Crippen LogP contribution in [0.4, 0.5) is 14.5 Å². The number of carbonyl (C=O) groups is 1. The number of alkyl halides is 2. The Bertz CT molecular complexity index is 606. The van der Waals surface area contributed by atoms with Gasteiger partial charge in [-0.2, -0.15) is 8.78 Å². The summed E-state index contributed by atoms with van der Waals surface area (Å²) in [5, 5.41) is 2.50. The molecule has 20 heavy (non-hydrogen) atoms. The van der Waals surface area contributed by atoms with Gasteiger partial charge in [-0.3, -0.25) is 4.79 Å². The highest BCUT2D eigenvalue weighted by atomic mass is 79.9. The highest BCUT2D eigenvalue weighted by Gasteiger charge is 2.12. The highest BCUT2D eigenvalue weighted by Crippen LogP contribution is 2.26. The normalized spacial score (nSPS) is 10.4. The van der Waals surface area contributed by atoms with Crippen LogP contribution in [0.5, 0.6) is 5.75 Å². The number of benzene rings is 1. The molecule has 0 bridgehead atoms. The first-order valence-electron chi connectivity index (χ1n) is 5.53. The molecular weight excluding hydrogens is 334 g/mol. The second kappa shape index (κ2) is 6.42. The fourth-order valence-corrected chi connectivity index (χ4v) is 1.71. The van der Waals surface area contributed by atoms with E-state index >= 15 is 0 Å². The zero-order valence-corrected chi connectivity index (χ0v) is 11.6. The van der Waals surface area contributed by atoms with Crippen molar-refractivity contribution in [3.8, 4) is 5.75 Å². The number of hydrogen-bond donors (Lipinski definition) is 1. The van der Waals surface area contributed by atoms with Crippen LogP contribution in [-0.4, -0.2) is 17.5 Å². The van der Waals surface area contributed by atoms with Crippen LogP contribution in [0.25, 0.3) is 0 Å². The van der Waals surface area contributed by atoms with E-state index in [9.17, 15) is 13.6 Å². The van der Waals surface area contributed by atoms with E-state index in [1.165, 1.54) is 24.4 Å². The Labute approximate surface area is 121 Å². The van der Waals surface area contributed by atoms with Gasteiger partial charge in [0.2, 0.25) is 0 Å². The molecular formula is C13H9BrF2N2O2. The highest BCUT2D eigenvalue weighted by molar-refractivity contribution is 9.10. The molecule has 0 atom stereocenters. The molecule has 2 rings (SSSR count). The molecule has 1 N–H and O–H groups in total. The predicted octanol–water partition coefficient (Wildman–Crippen LogP) is 3.70. The van der Waals surface area contributed by atoms with Gasteiger partial charge in [-0.25, -0.2) is 4.98 Å². The molecule has 1 amide bonds. The standard InChI is InChI=1S/C13H9BrF2N2O2/c14-11-6-5-8(7-17-11)12(19)18-9-3-1-2-4-10(9)20-13(15)16/h1-7,13H,(H,18,19). The number of aromatic nitrogens is 1. The van der Waals surface area contributed by atoms with Crippen LogP contribution in [0.1, 0.15) is 10.4 Å². The Kier molecular flexibility index (Phi) is 4.62. The second-order valence-corrected chi connectivity index (χ2v) is 4.51. The lowest BCUT2D eigenvalue weighted by atomic mass is 10.2. The molecule has 0 aliphatic carbocycles. The maximum Gasteiger partial charge on any atom is 0.387 e. The van der Waals surface area contributed by atoms with Crippen molar-refractivity contribution in [3.63, 3.8) is 0 Å². The van der Waals surface area contributed by atoms with Gasteiger partial charge in [-0.05, 0) is 40.2 Å². The van der Waals surface area contributed by atoms with Crippen LogP contribution in [0, 0.1) is 0 Å². The SMILES string of the molecule is O=C(Nc1ccccc1OC(F)F)c1ccc(Br)nc1. The number of para-hydroxylation sites is 2. The Morgan fingerprint density at radius 3 is 2.65 bits per heavy atom. The molecule has 0 spiro atoms. The van der Waals surface area contributed by atoms with Crippen LogP contribution in [0.2, 0.25) is 0 Å². The topological polar surface area (TPSA) is 51.2 Å². The molecule has 0 unspecified atom stereocenters. The van der Waals surface area contributed by atoms with Gasteiger partial charge in [-0.1, -0.05) is 12.1 Å². The van der Waals surface area contributed by atoms with E-state index in [-0.39, 0.29) is 11.4 Å². The summed E-state index contributed by atoms with van der Waals surface area (Å²) in [6.07, 6.45) is 1.37. The van der Waals surface area contributed by atoms with Crippen LogP contribution >= 0.6 is 15.9 Å². The first-order chi connectivity index (χ1) is 9.56. The summed E-state index contributed by atoms with van der Waals surface area (Å²) < 4.78 is 29.4. The molecule has 1 aromatic carbocycles. The van der Waals surface area contributed by atoms with Crippen LogP contribution < -0.4 is 10.1 Å². The summed E-state index contributed by atoms with van der Waals surface area (Å²) in [5.41, 5.74) is 0.473. The lowest BCUT2D eigenvalue weighted by Crippen LogP contribution is -2.14. The third kappa shape index (κ3) is 3.74. The van der Waals surface area contributed by atoms with E-state index in [1.807, 2.05) is 0 Å². The fourth-order valence-electron chi connectivity index (χ4n) is 1.47. The maximum atomic E-state index is 12.3. The molecule has 0 radical (unpaired) electrons. The number of hydrogen-bond acceptors (Lipinski definition) is 3. The van der Waals surface area contributed by atoms with Crippen LogP contribution in [-0.2, 0) is 0 Å². The molecule has 2 aromatic rings. The predicted molar refractivity (Wildman–Crippen MR) is 73.0 cm³/mol. The third-order valence-electron chi connectivity index (χ3n) is 2.34. The van der Waals surface area contributed by atoms with E-state index in [1.54, 1.807) is 18.2 Å². The Hall–Kier alpha value is -2.02. The molecule has 104 valence electrons. The number of ether oxygens (including phenoxy) is 1. The van der Waals surface area contributed by atoms with Gasteiger partial charge < -0.3 is 10.1 Å². The number of pyridine rings is 1. The van der Waals surface area contributed by atoms with Crippen molar-refractivity contribution in [2.45, 2.75) is 6.61 Å². The summed E-state index contributed by atoms with van der Waals surface area (Å²) in [4.78, 5) is 15.9. The first-order valence-corrected chi connectivity index (χ1v) is 6.32. The van der Waals surface area contributed by atoms with Crippen molar-refractivity contribution in [1.82, 2.24) is 4.98 Å². The number of anilines is 1. The third-order valence-corrected chi connectivity index (χ3v) is 2.81. The minimum atomic E-state index is -2.96. The number of rotatable bonds is 4. The molecule has 0 aliphatic heterocycles. The smallest absolute Gasteiger partial charge is 0.387 e. The van der Waals surface area contributed by atoms with Crippen molar-refractivity contribution in [2.75, 3.05) is 5.32 Å². The largest absolute Gasteiger partial charge is 0.433 e. The number of halogens is 3. The molecule has 7 heteroatoms. The van der Waals surface area contributed by atoms with Gasteiger partial charge in [0.05, 0.1) is 11.3 Å². The van der Waals surface area contributed by atoms with Gasteiger partial charge in [-0.15, -0.1) is 0 Å². The summed E-state index contributed by atoms with van der Waals surface area (Å²) in [6, 6.07) is 9.13. The molecule has 0 fully saturated rings. The van der Waals surface area contributed by atoms with E-state index in [4.69, 9.17) is 0 Å². The average Bonchev–Trinajstić information content (AvgIpc) is 2.41. The summed E-state index contributed by atoms with van der Waals surface area (Å²) in [6.45, 7) is -2.96. The van der Waals surface area contributed by atoms with Gasteiger partial charge >= 0.3 is 6.61 Å². The molecule has 0 saturated heterocycles. The van der Waals surface area contributed by atoms with E-state index in [0.29, 0.717) is 10.2 Å². The Morgan fingerprint density at radius 1 is 1.25 bits per heavy atom. The monoisotopic (exact) mass is 342 g/mol. The maximum absolute atomic E-state index is 12.3. The van der Waals surface area contributed by atoms with Gasteiger partial charge in [0, 0.05) is 6.20 Å². The Morgan fingerprint density at radius 2 is 2.00 bits per heavy atom. The van der Waals surface area contributed by atoms with Crippen molar-refractivity contribution in [3.05, 3.63) is 52.8 Å². The van der Waals surface area contributed by atoms with Crippen molar-refractivity contribution < 1.29 is 18.3 Å². The minimum Gasteiger partial charge on any atom is -0.433 e. The molecule has 0 aliphatic rings. The zero-order chi connectivity index (χ0) is 14.5. The van der Waals surface area contributed by atoms with Crippen molar-refractivity contribution in [2.24, 2.45) is 0 Å². The van der Waals surface area contributed by atoms with E-state index in [0.717, 1.165) is 0 Å². The summed E-state index contributed by atoms with van der Waals surface area (Å²) in [7, 11) is 0. The van der Waals surface area contributed by atoms with Gasteiger partial charge in [0.25, 0.3) is 5.91 Å². The number of nitrogens with one attached hydrogen (secondary N) is 1. The average molecular weight is 343 g/mol. The van der Waals surface area contributed by atoms with Crippen molar-refractivity contribution >= 4 is 27.5 Å². The van der Waals surface area contributed by atoms with Gasteiger partial charge in [0.15, 0.2) is 0 Å². The van der Waals surface area contributed by atoms with E-state index in [2.05, 4.69) is 31.0 Å². The lowest BCUT2D eigenvalue weighted by molar-refractivity contribution is -0.0493. The van der Waals surface area contributed by atoms with Gasteiger partial charge in [0.1, 0.15) is 10.4 Å². The zero-order valence-electron chi connectivity index (χ0n) is 10.0. The molecule has 4 nitrogen and oxygen atoms in total. The van der Waals surface area contributed by atoms with Crippen molar-refractivity contribution in [1.29, 1.82) is 0 Å².